The van der Waals surface area contributed by atoms with Gasteiger partial charge in [-0.25, -0.2) is 0 Å². The van der Waals surface area contributed by atoms with Crippen LogP contribution >= 0.6 is 0 Å². The van der Waals surface area contributed by atoms with Crippen molar-refractivity contribution in [3.05, 3.63) is 30.1 Å². The summed E-state index contributed by atoms with van der Waals surface area (Å²) in [5.74, 6) is 2.71. The molecule has 1 aromatic rings. The third-order valence-electron chi connectivity index (χ3n) is 2.98. The topological polar surface area (TPSA) is 16.1 Å². The Morgan fingerprint density at radius 3 is 3.27 bits per heavy atom. The molecule has 2 rings (SSSR count). The van der Waals surface area contributed by atoms with Crippen LogP contribution in [0.3, 0.4) is 0 Å². The summed E-state index contributed by atoms with van der Waals surface area (Å²) in [5.41, 5.74) is 1.33. The van der Waals surface area contributed by atoms with Crippen molar-refractivity contribution < 1.29 is 0 Å². The lowest BCUT2D eigenvalue weighted by atomic mass is 10.1. The minimum Gasteiger partial charge on any atom is -0.295 e. The van der Waals surface area contributed by atoms with E-state index in [9.17, 15) is 0 Å². The van der Waals surface area contributed by atoms with Gasteiger partial charge >= 0.3 is 0 Å². The largest absolute Gasteiger partial charge is 0.295 e. The second-order valence-electron chi connectivity index (χ2n) is 3.93. The first-order valence-electron chi connectivity index (χ1n) is 5.49. The van der Waals surface area contributed by atoms with Crippen LogP contribution in [0.25, 0.3) is 0 Å². The molecule has 78 valence electrons. The van der Waals surface area contributed by atoms with Crippen LogP contribution in [0.15, 0.2) is 24.5 Å². The van der Waals surface area contributed by atoms with Crippen LogP contribution in [-0.2, 0) is 0 Å². The summed E-state index contributed by atoms with van der Waals surface area (Å²) in [5, 5.41) is 0. The van der Waals surface area contributed by atoms with Gasteiger partial charge in [-0.05, 0) is 31.0 Å². The molecule has 1 atom stereocenters. The standard InChI is InChI=1S/C13H16N2/c1-2-3-9-15-10-5-7-13(15)12-6-4-8-14-11-12/h1,4,6,8,11,13H,3,5,7,9-10H2/t13-/m0/s1. The number of hydrogen-bond acceptors (Lipinski definition) is 2. The molecular formula is C13H16N2. The monoisotopic (exact) mass is 200 g/mol. The van der Waals surface area contributed by atoms with Crippen molar-refractivity contribution in [3.63, 3.8) is 0 Å². The average molecular weight is 200 g/mol. The van der Waals surface area contributed by atoms with Gasteiger partial charge in [0.2, 0.25) is 0 Å². The third kappa shape index (κ3) is 2.37. The lowest BCUT2D eigenvalue weighted by molar-refractivity contribution is 0.263. The van der Waals surface area contributed by atoms with Gasteiger partial charge in [-0.15, -0.1) is 12.3 Å². The highest BCUT2D eigenvalue weighted by Crippen LogP contribution is 2.30. The molecule has 1 fully saturated rings. The Kier molecular flexibility index (Phi) is 3.37. The van der Waals surface area contributed by atoms with Crippen LogP contribution < -0.4 is 0 Å². The minimum absolute atomic E-state index is 0.534. The van der Waals surface area contributed by atoms with Gasteiger partial charge in [0.15, 0.2) is 0 Å². The Balaban J connectivity index is 2.05. The van der Waals surface area contributed by atoms with E-state index in [0.29, 0.717) is 6.04 Å². The van der Waals surface area contributed by atoms with Crippen molar-refractivity contribution in [1.29, 1.82) is 0 Å². The van der Waals surface area contributed by atoms with Crippen molar-refractivity contribution in [3.8, 4) is 12.3 Å². The number of terminal acetylenes is 1. The smallest absolute Gasteiger partial charge is 0.0364 e. The van der Waals surface area contributed by atoms with E-state index < -0.39 is 0 Å². The first-order chi connectivity index (χ1) is 7.42. The van der Waals surface area contributed by atoms with Gasteiger partial charge in [0.05, 0.1) is 0 Å². The number of aromatic nitrogens is 1. The molecule has 0 bridgehead atoms. The van der Waals surface area contributed by atoms with Crippen LogP contribution in [0, 0.1) is 12.3 Å². The Morgan fingerprint density at radius 2 is 2.53 bits per heavy atom. The molecule has 1 aromatic heterocycles. The SMILES string of the molecule is C#CCCN1CCC[C@H]1c1cccnc1. The highest BCUT2D eigenvalue weighted by atomic mass is 15.2. The van der Waals surface area contributed by atoms with E-state index in [1.54, 1.807) is 0 Å². The maximum atomic E-state index is 5.30. The van der Waals surface area contributed by atoms with E-state index in [0.717, 1.165) is 13.0 Å². The Hall–Kier alpha value is -1.33. The number of pyridine rings is 1. The molecule has 2 nitrogen and oxygen atoms in total. The van der Waals surface area contributed by atoms with Crippen molar-refractivity contribution in [2.45, 2.75) is 25.3 Å². The zero-order valence-electron chi connectivity index (χ0n) is 8.89. The van der Waals surface area contributed by atoms with Crippen molar-refractivity contribution in [2.75, 3.05) is 13.1 Å². The lowest BCUT2D eigenvalue weighted by Gasteiger charge is -2.23. The number of hydrogen-bond donors (Lipinski definition) is 0. The molecule has 0 aliphatic carbocycles. The van der Waals surface area contributed by atoms with Crippen molar-refractivity contribution in [1.82, 2.24) is 9.88 Å². The fourth-order valence-corrected chi connectivity index (χ4v) is 2.25. The summed E-state index contributed by atoms with van der Waals surface area (Å²) in [4.78, 5) is 6.65. The lowest BCUT2D eigenvalue weighted by Crippen LogP contribution is -2.24. The minimum atomic E-state index is 0.534. The van der Waals surface area contributed by atoms with Gasteiger partial charge in [-0.3, -0.25) is 9.88 Å². The summed E-state index contributed by atoms with van der Waals surface area (Å²) in [6.45, 7) is 2.18. The van der Waals surface area contributed by atoms with E-state index in [1.165, 1.54) is 24.9 Å². The number of nitrogens with zero attached hydrogens (tertiary/aromatic N) is 2. The quantitative estimate of drug-likeness (QED) is 0.696. The van der Waals surface area contributed by atoms with E-state index >= 15 is 0 Å². The number of rotatable bonds is 3. The van der Waals surface area contributed by atoms with Gasteiger partial charge in [0, 0.05) is 31.4 Å². The van der Waals surface area contributed by atoms with E-state index in [4.69, 9.17) is 6.42 Å². The summed E-state index contributed by atoms with van der Waals surface area (Å²) >= 11 is 0. The van der Waals surface area contributed by atoms with Crippen LogP contribution in [-0.4, -0.2) is 23.0 Å². The highest BCUT2D eigenvalue weighted by Gasteiger charge is 2.24. The second kappa shape index (κ2) is 4.95. The third-order valence-corrected chi connectivity index (χ3v) is 2.98. The van der Waals surface area contributed by atoms with Crippen LogP contribution in [0.1, 0.15) is 30.9 Å². The van der Waals surface area contributed by atoms with Gasteiger partial charge in [-0.1, -0.05) is 6.07 Å². The molecule has 0 saturated carbocycles. The maximum absolute atomic E-state index is 5.30. The summed E-state index contributed by atoms with van der Waals surface area (Å²) < 4.78 is 0. The van der Waals surface area contributed by atoms with Gasteiger partial charge in [0.25, 0.3) is 0 Å². The molecule has 15 heavy (non-hydrogen) atoms. The molecule has 0 unspecified atom stereocenters. The predicted octanol–water partition coefficient (Wildman–Crippen LogP) is 2.24. The fraction of sp³-hybridized carbons (Fsp3) is 0.462. The van der Waals surface area contributed by atoms with Crippen LogP contribution in [0.4, 0.5) is 0 Å². The Labute approximate surface area is 91.3 Å². The molecule has 2 heterocycles. The molecule has 0 N–H and O–H groups in total. The fourth-order valence-electron chi connectivity index (χ4n) is 2.25. The molecular weight excluding hydrogens is 184 g/mol. The van der Waals surface area contributed by atoms with Gasteiger partial charge in [0.1, 0.15) is 0 Å². The average Bonchev–Trinajstić information content (AvgIpc) is 2.75. The molecule has 0 radical (unpaired) electrons. The summed E-state index contributed by atoms with van der Waals surface area (Å²) in [6.07, 6.45) is 12.4. The van der Waals surface area contributed by atoms with Crippen molar-refractivity contribution >= 4 is 0 Å². The number of likely N-dealkylation sites (tertiary alicyclic amines) is 1. The second-order valence-corrected chi connectivity index (χ2v) is 3.93. The summed E-state index contributed by atoms with van der Waals surface area (Å²) in [6, 6.07) is 4.70. The Bertz CT molecular complexity index is 339. The van der Waals surface area contributed by atoms with Gasteiger partial charge < -0.3 is 0 Å². The molecule has 1 aliphatic heterocycles. The van der Waals surface area contributed by atoms with E-state index in [1.807, 2.05) is 18.5 Å². The first kappa shape index (κ1) is 10.2. The first-order valence-corrected chi connectivity index (χ1v) is 5.49. The summed E-state index contributed by atoms with van der Waals surface area (Å²) in [7, 11) is 0. The van der Waals surface area contributed by atoms with Gasteiger partial charge in [-0.2, -0.15) is 0 Å². The molecule has 0 aromatic carbocycles. The Morgan fingerprint density at radius 1 is 1.60 bits per heavy atom. The maximum Gasteiger partial charge on any atom is 0.0364 e. The van der Waals surface area contributed by atoms with Crippen LogP contribution in [0.5, 0.6) is 0 Å². The molecule has 1 aliphatic rings. The van der Waals surface area contributed by atoms with E-state index in [2.05, 4.69) is 21.9 Å². The highest BCUT2D eigenvalue weighted by molar-refractivity contribution is 5.15. The van der Waals surface area contributed by atoms with E-state index in [-0.39, 0.29) is 0 Å². The van der Waals surface area contributed by atoms with Crippen molar-refractivity contribution in [2.24, 2.45) is 0 Å². The predicted molar refractivity (Wildman–Crippen MR) is 61.2 cm³/mol. The molecule has 2 heteroatoms. The normalized spacial score (nSPS) is 21.4. The zero-order chi connectivity index (χ0) is 10.5. The zero-order valence-corrected chi connectivity index (χ0v) is 8.89. The molecule has 0 spiro atoms. The molecule has 0 amide bonds. The van der Waals surface area contributed by atoms with Crippen LogP contribution in [0.2, 0.25) is 0 Å². The molecule has 1 saturated heterocycles.